The highest BCUT2D eigenvalue weighted by Gasteiger charge is 2.21. The summed E-state index contributed by atoms with van der Waals surface area (Å²) in [6, 6.07) is 41.1. The van der Waals surface area contributed by atoms with Crippen molar-refractivity contribution in [2.75, 3.05) is 9.80 Å². The van der Waals surface area contributed by atoms with Crippen molar-refractivity contribution in [1.82, 2.24) is 0 Å². The molecule has 2 heteroatoms. The van der Waals surface area contributed by atoms with Gasteiger partial charge in [0.05, 0.1) is 0 Å². The molecular weight excluding hydrogens is 496 g/mol. The van der Waals surface area contributed by atoms with Gasteiger partial charge < -0.3 is 9.80 Å². The number of benzene rings is 5. The van der Waals surface area contributed by atoms with E-state index in [2.05, 4.69) is 140 Å². The molecule has 41 heavy (non-hydrogen) atoms. The largest absolute Gasteiger partial charge is 0.311 e. The highest BCUT2D eigenvalue weighted by Crippen LogP contribution is 2.42. The Bertz CT molecular complexity index is 1620. The van der Waals surface area contributed by atoms with Gasteiger partial charge in [-0.05, 0) is 146 Å². The Balaban J connectivity index is 1.28. The van der Waals surface area contributed by atoms with Crippen LogP contribution in [0.3, 0.4) is 0 Å². The number of hydrogen-bond donors (Lipinski definition) is 0. The van der Waals surface area contributed by atoms with E-state index in [0.717, 1.165) is 12.1 Å². The highest BCUT2D eigenvalue weighted by atomic mass is 15.2. The third-order valence-corrected chi connectivity index (χ3v) is 9.21. The maximum Gasteiger partial charge on any atom is 0.0464 e. The molecule has 0 aliphatic heterocycles. The molecule has 204 valence electrons. The molecule has 0 N–H and O–H groups in total. The molecule has 7 rings (SSSR count). The summed E-state index contributed by atoms with van der Waals surface area (Å²) in [7, 11) is 0. The Kier molecular flexibility index (Phi) is 6.63. The maximum atomic E-state index is 2.43. The van der Waals surface area contributed by atoms with Crippen molar-refractivity contribution in [1.29, 1.82) is 0 Å². The second-order valence-electron chi connectivity index (χ2n) is 11.8. The zero-order valence-electron chi connectivity index (χ0n) is 24.4. The van der Waals surface area contributed by atoms with Gasteiger partial charge in [0.25, 0.3) is 0 Å². The Hall–Kier alpha value is -4.30. The number of hydrogen-bond acceptors (Lipinski definition) is 2. The van der Waals surface area contributed by atoms with Crippen molar-refractivity contribution in [2.45, 2.75) is 58.8 Å². The number of aryl methyl sites for hydroxylation is 5. The predicted molar refractivity (Wildman–Crippen MR) is 174 cm³/mol. The van der Waals surface area contributed by atoms with E-state index in [0.29, 0.717) is 5.92 Å². The van der Waals surface area contributed by atoms with Gasteiger partial charge in [-0.25, -0.2) is 0 Å². The molecule has 0 aromatic heterocycles. The molecule has 2 aliphatic carbocycles. The van der Waals surface area contributed by atoms with Gasteiger partial charge in [0.1, 0.15) is 0 Å². The van der Waals surface area contributed by atoms with Crippen molar-refractivity contribution < 1.29 is 0 Å². The fraction of sp³-hybridized carbons (Fsp3) is 0.231. The quantitative estimate of drug-likeness (QED) is 0.195. The lowest BCUT2D eigenvalue weighted by molar-refractivity contribution is 0.733. The van der Waals surface area contributed by atoms with Crippen LogP contribution < -0.4 is 9.80 Å². The van der Waals surface area contributed by atoms with Crippen LogP contribution in [0.15, 0.2) is 109 Å². The second-order valence-corrected chi connectivity index (χ2v) is 11.8. The topological polar surface area (TPSA) is 6.48 Å². The van der Waals surface area contributed by atoms with Gasteiger partial charge in [-0.15, -0.1) is 0 Å². The zero-order chi connectivity index (χ0) is 27.9. The summed E-state index contributed by atoms with van der Waals surface area (Å²) in [6.07, 6.45) is 5.92. The normalized spacial score (nSPS) is 13.8. The van der Waals surface area contributed by atoms with E-state index in [-0.39, 0.29) is 0 Å². The van der Waals surface area contributed by atoms with Crippen LogP contribution in [0.4, 0.5) is 34.1 Å². The summed E-state index contributed by atoms with van der Waals surface area (Å²) < 4.78 is 0. The minimum absolute atomic E-state index is 0.562. The van der Waals surface area contributed by atoms with Gasteiger partial charge in [-0.1, -0.05) is 55.8 Å². The molecule has 1 unspecified atom stereocenters. The Labute approximate surface area is 244 Å². The molecule has 5 aromatic carbocycles. The van der Waals surface area contributed by atoms with E-state index in [1.54, 1.807) is 0 Å². The van der Waals surface area contributed by atoms with Crippen LogP contribution in [0.25, 0.3) is 0 Å². The molecule has 5 aromatic rings. The number of nitrogens with zero attached hydrogens (tertiary/aromatic N) is 2. The van der Waals surface area contributed by atoms with Crippen molar-refractivity contribution >= 4 is 34.1 Å². The maximum absolute atomic E-state index is 2.43. The second kappa shape index (κ2) is 10.6. The average molecular weight is 535 g/mol. The van der Waals surface area contributed by atoms with Gasteiger partial charge in [-0.2, -0.15) is 0 Å². The molecule has 0 amide bonds. The van der Waals surface area contributed by atoms with Crippen molar-refractivity contribution in [3.05, 3.63) is 143 Å². The fourth-order valence-corrected chi connectivity index (χ4v) is 6.17. The molecule has 0 saturated heterocycles. The summed E-state index contributed by atoms with van der Waals surface area (Å²) in [5.74, 6) is 0.562. The van der Waals surface area contributed by atoms with Gasteiger partial charge in [0, 0.05) is 34.1 Å². The van der Waals surface area contributed by atoms with Crippen LogP contribution in [0.2, 0.25) is 0 Å². The van der Waals surface area contributed by atoms with Crippen LogP contribution in [-0.2, 0) is 25.7 Å². The highest BCUT2D eigenvalue weighted by molar-refractivity contribution is 5.82. The lowest BCUT2D eigenvalue weighted by atomic mass is 9.87. The Morgan fingerprint density at radius 2 is 0.854 bits per heavy atom. The van der Waals surface area contributed by atoms with Crippen LogP contribution in [0.5, 0.6) is 0 Å². The third-order valence-electron chi connectivity index (χ3n) is 9.21. The van der Waals surface area contributed by atoms with Crippen molar-refractivity contribution in [3.63, 3.8) is 0 Å². The smallest absolute Gasteiger partial charge is 0.0464 e. The molecule has 0 fully saturated rings. The van der Waals surface area contributed by atoms with Gasteiger partial charge in [0.15, 0.2) is 0 Å². The zero-order valence-corrected chi connectivity index (χ0v) is 24.4. The van der Waals surface area contributed by atoms with E-state index in [1.165, 1.54) is 87.5 Å². The van der Waals surface area contributed by atoms with Gasteiger partial charge in [-0.3, -0.25) is 0 Å². The number of anilines is 6. The first-order valence-electron chi connectivity index (χ1n) is 15.2. The number of rotatable bonds is 8. The first-order valence-corrected chi connectivity index (χ1v) is 15.2. The standard InChI is InChI=1S/C39H38N2/c1-4-28(3)29-11-17-35(18-12-29)40(34-15-5-27(2)6-16-34)36-21-23-37(24-22-36)41(38-19-13-30-7-9-32(30)25-38)39-20-14-31-8-10-33(31)26-39/h5-6,11-26,28H,4,7-10H2,1-3H3. The van der Waals surface area contributed by atoms with Crippen LogP contribution in [0.1, 0.15) is 59.6 Å². The minimum atomic E-state index is 0.562. The number of fused-ring (bicyclic) bond motifs is 2. The van der Waals surface area contributed by atoms with E-state index in [1.807, 2.05) is 0 Å². The summed E-state index contributed by atoms with van der Waals surface area (Å²) in [5.41, 5.74) is 15.8. The molecule has 1 atom stereocenters. The van der Waals surface area contributed by atoms with E-state index >= 15 is 0 Å². The third kappa shape index (κ3) is 4.82. The summed E-state index contributed by atoms with van der Waals surface area (Å²) >= 11 is 0. The van der Waals surface area contributed by atoms with Crippen molar-refractivity contribution in [2.24, 2.45) is 0 Å². The molecule has 2 aliphatic rings. The first kappa shape index (κ1) is 25.7. The molecule has 0 saturated carbocycles. The molecule has 2 nitrogen and oxygen atoms in total. The lowest BCUT2D eigenvalue weighted by Gasteiger charge is -2.31. The van der Waals surface area contributed by atoms with Crippen LogP contribution in [-0.4, -0.2) is 0 Å². The van der Waals surface area contributed by atoms with Crippen LogP contribution >= 0.6 is 0 Å². The molecular formula is C39H38N2. The van der Waals surface area contributed by atoms with E-state index in [4.69, 9.17) is 0 Å². The molecule has 0 spiro atoms. The summed E-state index contributed by atoms with van der Waals surface area (Å²) in [4.78, 5) is 4.79. The minimum Gasteiger partial charge on any atom is -0.311 e. The monoisotopic (exact) mass is 534 g/mol. The lowest BCUT2D eigenvalue weighted by Crippen LogP contribution is -2.16. The van der Waals surface area contributed by atoms with Gasteiger partial charge >= 0.3 is 0 Å². The Morgan fingerprint density at radius 1 is 0.488 bits per heavy atom. The van der Waals surface area contributed by atoms with E-state index < -0.39 is 0 Å². The molecule has 0 bridgehead atoms. The SMILES string of the molecule is CCC(C)c1ccc(N(c2ccc(C)cc2)c2ccc(N(c3ccc4c(c3)CC4)c3ccc4c(c3)CC4)cc2)cc1. The summed E-state index contributed by atoms with van der Waals surface area (Å²) in [5, 5.41) is 0. The summed E-state index contributed by atoms with van der Waals surface area (Å²) in [6.45, 7) is 6.70. The predicted octanol–water partition coefficient (Wildman–Crippen LogP) is 10.6. The van der Waals surface area contributed by atoms with E-state index in [9.17, 15) is 0 Å². The van der Waals surface area contributed by atoms with Crippen LogP contribution in [0, 0.1) is 6.92 Å². The first-order chi connectivity index (χ1) is 20.1. The van der Waals surface area contributed by atoms with Gasteiger partial charge in [0.2, 0.25) is 0 Å². The molecule has 0 radical (unpaired) electrons. The molecule has 0 heterocycles. The fourth-order valence-electron chi connectivity index (χ4n) is 6.17. The Morgan fingerprint density at radius 3 is 1.24 bits per heavy atom. The van der Waals surface area contributed by atoms with Crippen molar-refractivity contribution in [3.8, 4) is 0 Å². The average Bonchev–Trinajstić information content (AvgIpc) is 2.97.